The van der Waals surface area contributed by atoms with Gasteiger partial charge in [-0.1, -0.05) is 11.6 Å². The summed E-state index contributed by atoms with van der Waals surface area (Å²) in [5.74, 6) is 0.230. The molecule has 0 unspecified atom stereocenters. The maximum atomic E-state index is 12.1. The Bertz CT molecular complexity index is 980. The van der Waals surface area contributed by atoms with E-state index in [1.54, 1.807) is 22.6 Å². The Hall–Kier alpha value is -2.38. The van der Waals surface area contributed by atoms with E-state index >= 15 is 0 Å². The SMILES string of the molecule is CC(=O)Nc1cc(Cl)ccc1OCc1cc(=O)n2c(C)csc2n1. The van der Waals surface area contributed by atoms with E-state index in [-0.39, 0.29) is 18.1 Å². The number of fused-ring (bicyclic) bond motifs is 1. The van der Waals surface area contributed by atoms with Gasteiger partial charge in [0.1, 0.15) is 12.4 Å². The number of amides is 1. The van der Waals surface area contributed by atoms with Gasteiger partial charge in [0.15, 0.2) is 4.96 Å². The van der Waals surface area contributed by atoms with Crippen molar-refractivity contribution < 1.29 is 9.53 Å². The summed E-state index contributed by atoms with van der Waals surface area (Å²) in [5.41, 5.74) is 1.70. The molecule has 0 bridgehead atoms. The van der Waals surface area contributed by atoms with E-state index < -0.39 is 0 Å². The van der Waals surface area contributed by atoms with Gasteiger partial charge in [0.05, 0.1) is 11.4 Å². The maximum absolute atomic E-state index is 12.1. The number of hydrogen-bond acceptors (Lipinski definition) is 5. The number of anilines is 1. The molecule has 2 heterocycles. The van der Waals surface area contributed by atoms with Crippen molar-refractivity contribution in [2.24, 2.45) is 0 Å². The van der Waals surface area contributed by atoms with E-state index in [0.29, 0.717) is 27.1 Å². The van der Waals surface area contributed by atoms with E-state index in [2.05, 4.69) is 10.3 Å². The maximum Gasteiger partial charge on any atom is 0.259 e. The van der Waals surface area contributed by atoms with Crippen molar-refractivity contribution in [3.63, 3.8) is 0 Å². The summed E-state index contributed by atoms with van der Waals surface area (Å²) in [6, 6.07) is 6.37. The molecule has 6 nitrogen and oxygen atoms in total. The van der Waals surface area contributed by atoms with Crippen LogP contribution in [0, 0.1) is 6.92 Å². The zero-order valence-corrected chi connectivity index (χ0v) is 14.6. The number of halogens is 1. The van der Waals surface area contributed by atoms with Gasteiger partial charge >= 0.3 is 0 Å². The number of nitrogens with one attached hydrogen (secondary N) is 1. The Morgan fingerprint density at radius 1 is 1.42 bits per heavy atom. The summed E-state index contributed by atoms with van der Waals surface area (Å²) in [5, 5.41) is 5.02. The highest BCUT2D eigenvalue weighted by molar-refractivity contribution is 7.15. The third-order valence-electron chi connectivity index (χ3n) is 3.26. The lowest BCUT2D eigenvalue weighted by atomic mass is 10.3. The van der Waals surface area contributed by atoms with Gasteiger partial charge in [0.2, 0.25) is 5.91 Å². The van der Waals surface area contributed by atoms with Crippen LogP contribution in [-0.4, -0.2) is 15.3 Å². The number of hydrogen-bond donors (Lipinski definition) is 1. The molecule has 24 heavy (non-hydrogen) atoms. The quantitative estimate of drug-likeness (QED) is 0.772. The van der Waals surface area contributed by atoms with E-state index in [1.165, 1.54) is 24.3 Å². The van der Waals surface area contributed by atoms with Gasteiger partial charge in [0.25, 0.3) is 5.56 Å². The first-order valence-corrected chi connectivity index (χ1v) is 8.36. The van der Waals surface area contributed by atoms with Gasteiger partial charge in [-0.3, -0.25) is 14.0 Å². The molecule has 0 radical (unpaired) electrons. The molecule has 0 aliphatic carbocycles. The van der Waals surface area contributed by atoms with Crippen molar-refractivity contribution in [2.75, 3.05) is 5.32 Å². The van der Waals surface area contributed by atoms with Crippen molar-refractivity contribution in [1.29, 1.82) is 0 Å². The highest BCUT2D eigenvalue weighted by Gasteiger charge is 2.10. The second-order valence-electron chi connectivity index (χ2n) is 5.19. The number of carbonyl (C=O) groups is 1. The van der Waals surface area contributed by atoms with E-state index in [4.69, 9.17) is 16.3 Å². The van der Waals surface area contributed by atoms with Crippen molar-refractivity contribution in [3.05, 3.63) is 56.4 Å². The normalized spacial score (nSPS) is 10.8. The van der Waals surface area contributed by atoms with Crippen LogP contribution in [0.2, 0.25) is 5.02 Å². The van der Waals surface area contributed by atoms with Crippen LogP contribution in [-0.2, 0) is 11.4 Å². The van der Waals surface area contributed by atoms with Crippen LogP contribution >= 0.6 is 22.9 Å². The van der Waals surface area contributed by atoms with E-state index in [1.807, 2.05) is 12.3 Å². The minimum absolute atomic E-state index is 0.108. The molecule has 0 saturated carbocycles. The molecule has 3 aromatic rings. The van der Waals surface area contributed by atoms with Gasteiger partial charge in [-0.15, -0.1) is 11.3 Å². The van der Waals surface area contributed by atoms with Gasteiger partial charge in [0, 0.05) is 29.1 Å². The second-order valence-corrected chi connectivity index (χ2v) is 6.46. The second kappa shape index (κ2) is 6.62. The number of rotatable bonds is 4. The molecule has 0 atom stereocenters. The number of nitrogens with zero attached hydrogens (tertiary/aromatic N) is 2. The van der Waals surface area contributed by atoms with Crippen LogP contribution in [0.15, 0.2) is 34.4 Å². The molecule has 1 N–H and O–H groups in total. The predicted molar refractivity (Wildman–Crippen MR) is 94.2 cm³/mol. The molecule has 3 rings (SSSR count). The first kappa shape index (κ1) is 16.5. The number of aryl methyl sites for hydroxylation is 1. The monoisotopic (exact) mass is 363 g/mol. The number of thiazole rings is 1. The molecule has 0 aliphatic heterocycles. The first-order chi connectivity index (χ1) is 11.4. The van der Waals surface area contributed by atoms with E-state index in [9.17, 15) is 9.59 Å². The molecular weight excluding hydrogens is 350 g/mol. The zero-order chi connectivity index (χ0) is 17.3. The summed E-state index contributed by atoms with van der Waals surface area (Å²) in [6.45, 7) is 3.37. The molecule has 8 heteroatoms. The molecule has 124 valence electrons. The Morgan fingerprint density at radius 2 is 2.21 bits per heavy atom. The molecule has 1 aromatic carbocycles. The lowest BCUT2D eigenvalue weighted by molar-refractivity contribution is -0.114. The number of benzene rings is 1. The molecule has 1 amide bonds. The predicted octanol–water partition coefficient (Wildman–Crippen LogP) is 3.26. The summed E-state index contributed by atoms with van der Waals surface area (Å²) < 4.78 is 7.27. The van der Waals surface area contributed by atoms with Crippen molar-refractivity contribution in [1.82, 2.24) is 9.38 Å². The first-order valence-electron chi connectivity index (χ1n) is 7.11. The minimum atomic E-state index is -0.228. The summed E-state index contributed by atoms with van der Waals surface area (Å²) >= 11 is 7.34. The van der Waals surface area contributed by atoms with Crippen LogP contribution in [0.25, 0.3) is 4.96 Å². The Labute approximate surface area is 146 Å². The Balaban J connectivity index is 1.86. The van der Waals surface area contributed by atoms with Gasteiger partial charge < -0.3 is 10.1 Å². The van der Waals surface area contributed by atoms with Crippen LogP contribution in [0.1, 0.15) is 18.3 Å². The highest BCUT2D eigenvalue weighted by atomic mass is 35.5. The standard InChI is InChI=1S/C16H14ClN3O3S/c1-9-8-24-16-19-12(6-15(22)20(9)16)7-23-14-4-3-11(17)5-13(14)18-10(2)21/h3-6,8H,7H2,1-2H3,(H,18,21). The van der Waals surface area contributed by atoms with E-state index in [0.717, 1.165) is 5.69 Å². The fraction of sp³-hybridized carbons (Fsp3) is 0.188. The fourth-order valence-electron chi connectivity index (χ4n) is 2.24. The minimum Gasteiger partial charge on any atom is -0.485 e. The molecular formula is C16H14ClN3O3S. The average Bonchev–Trinajstić information content (AvgIpc) is 2.87. The largest absolute Gasteiger partial charge is 0.485 e. The summed E-state index contributed by atoms with van der Waals surface area (Å²) in [4.78, 5) is 28.5. The smallest absolute Gasteiger partial charge is 0.259 e. The average molecular weight is 364 g/mol. The number of aromatic nitrogens is 2. The van der Waals surface area contributed by atoms with Crippen molar-refractivity contribution in [2.45, 2.75) is 20.5 Å². The number of carbonyl (C=O) groups excluding carboxylic acids is 1. The van der Waals surface area contributed by atoms with Gasteiger partial charge in [-0.05, 0) is 25.1 Å². The molecule has 0 spiro atoms. The Kier molecular flexibility index (Phi) is 4.55. The third kappa shape index (κ3) is 3.42. The fourth-order valence-corrected chi connectivity index (χ4v) is 3.30. The Morgan fingerprint density at radius 3 is 2.96 bits per heavy atom. The van der Waals surface area contributed by atoms with Crippen LogP contribution in [0.4, 0.5) is 5.69 Å². The summed E-state index contributed by atoms with van der Waals surface area (Å²) in [6.07, 6.45) is 0. The highest BCUT2D eigenvalue weighted by Crippen LogP contribution is 2.28. The topological polar surface area (TPSA) is 72.7 Å². The van der Waals surface area contributed by atoms with Crippen molar-refractivity contribution in [3.8, 4) is 5.75 Å². The third-order valence-corrected chi connectivity index (χ3v) is 4.44. The van der Waals surface area contributed by atoms with Crippen LogP contribution in [0.3, 0.4) is 0 Å². The van der Waals surface area contributed by atoms with Gasteiger partial charge in [-0.2, -0.15) is 0 Å². The lowest BCUT2D eigenvalue weighted by Gasteiger charge is -2.12. The molecule has 2 aromatic heterocycles. The number of ether oxygens (including phenoxy) is 1. The summed E-state index contributed by atoms with van der Waals surface area (Å²) in [7, 11) is 0. The molecule has 0 aliphatic rings. The van der Waals surface area contributed by atoms with Gasteiger partial charge in [-0.25, -0.2) is 4.98 Å². The molecule has 0 fully saturated rings. The van der Waals surface area contributed by atoms with Crippen molar-refractivity contribution >= 4 is 39.5 Å². The zero-order valence-electron chi connectivity index (χ0n) is 13.0. The van der Waals surface area contributed by atoms with Crippen LogP contribution < -0.4 is 15.6 Å². The lowest BCUT2D eigenvalue weighted by Crippen LogP contribution is -2.16. The van der Waals surface area contributed by atoms with Crippen LogP contribution in [0.5, 0.6) is 5.75 Å². The molecule has 0 saturated heterocycles.